The van der Waals surface area contributed by atoms with E-state index in [1.54, 1.807) is 20.4 Å². The summed E-state index contributed by atoms with van der Waals surface area (Å²) in [5.74, 6) is 1.89. The highest BCUT2D eigenvalue weighted by atomic mass is 35.5. The third-order valence-electron chi connectivity index (χ3n) is 7.31. The van der Waals surface area contributed by atoms with Gasteiger partial charge in [-0.1, -0.05) is 30.5 Å². The minimum absolute atomic E-state index is 0.0460. The molecule has 3 aromatic rings. The number of rotatable bonds is 8. The van der Waals surface area contributed by atoms with Crippen molar-refractivity contribution in [3.05, 3.63) is 58.3 Å². The molecule has 36 heavy (non-hydrogen) atoms. The van der Waals surface area contributed by atoms with Gasteiger partial charge in [0.1, 0.15) is 22.9 Å². The van der Waals surface area contributed by atoms with Gasteiger partial charge >= 0.3 is 5.97 Å². The summed E-state index contributed by atoms with van der Waals surface area (Å²) in [6.07, 6.45) is 8.74. The Morgan fingerprint density at radius 2 is 2.06 bits per heavy atom. The third-order valence-corrected chi connectivity index (χ3v) is 7.50. The van der Waals surface area contributed by atoms with E-state index in [-0.39, 0.29) is 30.1 Å². The van der Waals surface area contributed by atoms with Crippen molar-refractivity contribution < 1.29 is 24.1 Å². The maximum atomic E-state index is 13.3. The van der Waals surface area contributed by atoms with Gasteiger partial charge in [-0.25, -0.2) is 14.3 Å². The lowest BCUT2D eigenvalue weighted by atomic mass is 9.76. The van der Waals surface area contributed by atoms with Crippen molar-refractivity contribution in [1.82, 2.24) is 19.6 Å². The Morgan fingerprint density at radius 1 is 1.25 bits per heavy atom. The molecule has 1 saturated carbocycles. The van der Waals surface area contributed by atoms with E-state index in [1.807, 2.05) is 18.2 Å². The van der Waals surface area contributed by atoms with Crippen LogP contribution in [0.5, 0.6) is 11.5 Å². The molecule has 1 fully saturated rings. The maximum Gasteiger partial charge on any atom is 0.338 e. The predicted molar refractivity (Wildman–Crippen MR) is 132 cm³/mol. The first kappa shape index (κ1) is 24.4. The lowest BCUT2D eigenvalue weighted by molar-refractivity contribution is -0.167. The summed E-state index contributed by atoms with van der Waals surface area (Å²) >= 11 is 5.98. The number of hydrogen-bond acceptors (Lipinski definition) is 8. The topological polar surface area (TPSA) is 108 Å². The van der Waals surface area contributed by atoms with Crippen LogP contribution in [0.3, 0.4) is 0 Å². The van der Waals surface area contributed by atoms with E-state index in [1.165, 1.54) is 10.7 Å². The molecule has 1 N–H and O–H groups in total. The van der Waals surface area contributed by atoms with Crippen LogP contribution in [-0.4, -0.2) is 50.5 Å². The number of aryl methyl sites for hydroxylation is 1. The zero-order chi connectivity index (χ0) is 25.3. The number of esters is 1. The second kappa shape index (κ2) is 9.97. The molecule has 3 heterocycles. The second-order valence-corrected chi connectivity index (χ2v) is 9.87. The van der Waals surface area contributed by atoms with Gasteiger partial charge in [-0.15, -0.1) is 5.10 Å². The van der Waals surface area contributed by atoms with Gasteiger partial charge in [0.15, 0.2) is 5.82 Å². The summed E-state index contributed by atoms with van der Waals surface area (Å²) in [5.41, 5.74) is 0.418. The van der Waals surface area contributed by atoms with E-state index in [0.29, 0.717) is 35.2 Å². The molecule has 190 valence electrons. The molecule has 2 aromatic heterocycles. The Balaban J connectivity index is 1.40. The highest BCUT2D eigenvalue weighted by molar-refractivity contribution is 6.30. The van der Waals surface area contributed by atoms with Crippen molar-refractivity contribution >= 4 is 23.3 Å². The first-order valence-corrected chi connectivity index (χ1v) is 12.5. The van der Waals surface area contributed by atoms with Gasteiger partial charge in [0.05, 0.1) is 37.2 Å². The summed E-state index contributed by atoms with van der Waals surface area (Å²) in [7, 11) is 3.24. The number of hydrogen-bond donors (Lipinski definition) is 1. The van der Waals surface area contributed by atoms with Crippen LogP contribution in [0.15, 0.2) is 41.9 Å². The molecular weight excluding hydrogens is 484 g/mol. The zero-order valence-corrected chi connectivity index (χ0v) is 21.1. The van der Waals surface area contributed by atoms with Gasteiger partial charge in [-0.05, 0) is 43.2 Å². The highest BCUT2D eigenvalue weighted by Gasteiger charge is 2.48. The predicted octanol–water partition coefficient (Wildman–Crippen LogP) is 4.66. The van der Waals surface area contributed by atoms with Crippen LogP contribution >= 0.6 is 11.6 Å². The van der Waals surface area contributed by atoms with Gasteiger partial charge < -0.3 is 19.3 Å². The van der Waals surface area contributed by atoms with E-state index < -0.39 is 11.6 Å². The molecule has 1 unspecified atom stereocenters. The number of aliphatic hydroxyl groups is 1. The summed E-state index contributed by atoms with van der Waals surface area (Å²) in [5, 5.41) is 15.9. The van der Waals surface area contributed by atoms with Crippen molar-refractivity contribution in [2.75, 3.05) is 14.2 Å². The molecule has 5 rings (SSSR count). The summed E-state index contributed by atoms with van der Waals surface area (Å²) < 4.78 is 18.6. The summed E-state index contributed by atoms with van der Waals surface area (Å²) in [4.78, 5) is 21.8. The highest BCUT2D eigenvalue weighted by Crippen LogP contribution is 2.46. The molecule has 0 spiro atoms. The van der Waals surface area contributed by atoms with E-state index in [2.05, 4.69) is 15.1 Å². The molecule has 1 aliphatic carbocycles. The number of fused-ring (bicyclic) bond motifs is 1. The number of nitrogens with zero attached hydrogens (tertiary/aromatic N) is 4. The lowest BCUT2D eigenvalue weighted by Crippen LogP contribution is -2.46. The monoisotopic (exact) mass is 512 g/mol. The van der Waals surface area contributed by atoms with E-state index >= 15 is 0 Å². The minimum atomic E-state index is -0.770. The maximum absolute atomic E-state index is 13.3. The summed E-state index contributed by atoms with van der Waals surface area (Å²) in [6.45, 7) is 0. The zero-order valence-electron chi connectivity index (χ0n) is 20.4. The minimum Gasteiger partial charge on any atom is -0.512 e. The van der Waals surface area contributed by atoms with Crippen LogP contribution in [-0.2, 0) is 22.4 Å². The number of halogens is 1. The molecule has 10 heteroatoms. The molecule has 0 radical (unpaired) electrons. The number of benzene rings is 1. The smallest absolute Gasteiger partial charge is 0.338 e. The molecule has 1 aliphatic heterocycles. The van der Waals surface area contributed by atoms with Crippen LogP contribution in [0.25, 0.3) is 5.78 Å². The number of methoxy groups -OCH3 is 2. The Bertz CT molecular complexity index is 1320. The SMILES string of the molecule is COc1ccc(CCC2(C3CCCC3)CC(O)=C(Cc3nc4ncc(Cl)cn4n3)C(=O)O2)c(OC)c1. The number of ether oxygens (including phenoxy) is 3. The molecule has 0 saturated heterocycles. The first-order valence-electron chi connectivity index (χ1n) is 12.1. The van der Waals surface area contributed by atoms with E-state index in [4.69, 9.17) is 25.8 Å². The molecule has 1 aromatic carbocycles. The van der Waals surface area contributed by atoms with Crippen molar-refractivity contribution in [3.8, 4) is 11.5 Å². The van der Waals surface area contributed by atoms with Crippen LogP contribution in [0.4, 0.5) is 0 Å². The van der Waals surface area contributed by atoms with Gasteiger partial charge in [0.25, 0.3) is 5.78 Å². The fraction of sp³-hybridized carbons (Fsp3) is 0.462. The lowest BCUT2D eigenvalue weighted by Gasteiger charge is -2.42. The second-order valence-electron chi connectivity index (χ2n) is 9.44. The quantitative estimate of drug-likeness (QED) is 0.434. The molecule has 0 bridgehead atoms. The molecular formula is C26H29ClN4O5. The Hall–Kier alpha value is -3.33. The van der Waals surface area contributed by atoms with Gasteiger partial charge in [-0.3, -0.25) is 0 Å². The standard InChI is InChI=1S/C26H29ClN4O5/c1-34-19-8-7-16(22(11-19)35-2)9-10-26(17-5-3-4-6-17)13-21(32)20(24(33)36-26)12-23-29-25-28-14-18(27)15-31(25)30-23/h7-8,11,14-15,17,32H,3-6,9-10,12-13H2,1-2H3. The number of carbonyl (C=O) groups is 1. The Kier molecular flexibility index (Phi) is 6.75. The number of aromatic nitrogens is 4. The van der Waals surface area contributed by atoms with Gasteiger partial charge in [0, 0.05) is 18.9 Å². The van der Waals surface area contributed by atoms with E-state index in [9.17, 15) is 9.90 Å². The van der Waals surface area contributed by atoms with Crippen LogP contribution in [0, 0.1) is 5.92 Å². The fourth-order valence-electron chi connectivity index (χ4n) is 5.43. The van der Waals surface area contributed by atoms with Crippen LogP contribution < -0.4 is 9.47 Å². The average Bonchev–Trinajstić information content (AvgIpc) is 3.55. The fourth-order valence-corrected chi connectivity index (χ4v) is 5.57. The van der Waals surface area contributed by atoms with E-state index in [0.717, 1.165) is 37.0 Å². The Labute approximate surface area is 214 Å². The number of aliphatic hydroxyl groups excluding tert-OH is 1. The van der Waals surface area contributed by atoms with Gasteiger partial charge in [-0.2, -0.15) is 4.98 Å². The van der Waals surface area contributed by atoms with Crippen molar-refractivity contribution in [3.63, 3.8) is 0 Å². The van der Waals surface area contributed by atoms with Gasteiger partial charge in [0.2, 0.25) is 0 Å². The average molecular weight is 513 g/mol. The first-order chi connectivity index (χ1) is 17.4. The normalized spacial score (nSPS) is 20.7. The third kappa shape index (κ3) is 4.72. The van der Waals surface area contributed by atoms with Crippen molar-refractivity contribution in [2.45, 2.75) is 57.0 Å². The molecule has 2 aliphatic rings. The van der Waals surface area contributed by atoms with Crippen molar-refractivity contribution in [1.29, 1.82) is 0 Å². The Morgan fingerprint density at radius 3 is 2.78 bits per heavy atom. The molecule has 9 nitrogen and oxygen atoms in total. The molecule has 0 amide bonds. The number of cyclic esters (lactones) is 1. The molecule has 1 atom stereocenters. The number of carbonyl (C=O) groups excluding carboxylic acids is 1. The van der Waals surface area contributed by atoms with Crippen LogP contribution in [0.1, 0.15) is 49.9 Å². The van der Waals surface area contributed by atoms with Crippen LogP contribution in [0.2, 0.25) is 5.02 Å². The van der Waals surface area contributed by atoms with Crippen molar-refractivity contribution in [2.24, 2.45) is 5.92 Å². The largest absolute Gasteiger partial charge is 0.512 e. The summed E-state index contributed by atoms with van der Waals surface area (Å²) in [6, 6.07) is 5.72.